The maximum Gasteiger partial charge on any atom is 0.153 e. The molecule has 1 atom stereocenters. The van der Waals surface area contributed by atoms with Gasteiger partial charge in [-0.05, 0) is 26.0 Å². The van der Waals surface area contributed by atoms with Crippen LogP contribution in [-0.2, 0) is 7.05 Å². The van der Waals surface area contributed by atoms with Gasteiger partial charge in [-0.15, -0.1) is 0 Å². The lowest BCUT2D eigenvalue weighted by molar-refractivity contribution is 0.475. The number of rotatable bonds is 3. The van der Waals surface area contributed by atoms with Gasteiger partial charge < -0.3 is 5.11 Å². The smallest absolute Gasteiger partial charge is 0.153 e. The van der Waals surface area contributed by atoms with Crippen LogP contribution in [0.4, 0.5) is 5.82 Å². The molecule has 3 aromatic rings. The Labute approximate surface area is 151 Å². The standard InChI is InChI=1S/C19H20N6O/c1-12-7-19(22-13(2)21-12)25-18(15-10-20-24(3)11-15)9-17(23-25)14-5-4-6-16(26)8-14/h4-8,10-11,18,26H,9H2,1-3H3/t18-/m0/s1. The van der Waals surface area contributed by atoms with E-state index in [0.717, 1.165) is 28.4 Å². The number of phenols is 1. The molecule has 0 saturated heterocycles. The molecule has 0 fully saturated rings. The van der Waals surface area contributed by atoms with Crippen LogP contribution in [0.2, 0.25) is 0 Å². The van der Waals surface area contributed by atoms with Gasteiger partial charge in [-0.2, -0.15) is 10.2 Å². The number of aryl methyl sites for hydroxylation is 3. The maximum absolute atomic E-state index is 9.81. The van der Waals surface area contributed by atoms with Gasteiger partial charge in [0.05, 0.1) is 18.0 Å². The number of aromatic hydroxyl groups is 1. The third-order valence-corrected chi connectivity index (χ3v) is 4.39. The average molecular weight is 348 g/mol. The Morgan fingerprint density at radius 3 is 2.69 bits per heavy atom. The molecule has 2 aromatic heterocycles. The van der Waals surface area contributed by atoms with Gasteiger partial charge in [0.2, 0.25) is 0 Å². The summed E-state index contributed by atoms with van der Waals surface area (Å²) in [6, 6.07) is 9.11. The van der Waals surface area contributed by atoms with Crippen molar-refractivity contribution >= 4 is 11.5 Å². The zero-order valence-electron chi connectivity index (χ0n) is 15.0. The molecule has 1 aromatic carbocycles. The average Bonchev–Trinajstić information content (AvgIpc) is 3.20. The minimum absolute atomic E-state index is 0.00486. The summed E-state index contributed by atoms with van der Waals surface area (Å²) in [4.78, 5) is 8.94. The van der Waals surface area contributed by atoms with Crippen molar-refractivity contribution in [3.63, 3.8) is 0 Å². The first-order chi connectivity index (χ1) is 12.5. The molecule has 1 aliphatic heterocycles. The topological polar surface area (TPSA) is 79.4 Å². The van der Waals surface area contributed by atoms with Gasteiger partial charge in [-0.1, -0.05) is 12.1 Å². The fourth-order valence-corrected chi connectivity index (χ4v) is 3.27. The van der Waals surface area contributed by atoms with Crippen molar-refractivity contribution in [1.29, 1.82) is 0 Å². The van der Waals surface area contributed by atoms with Crippen LogP contribution in [0, 0.1) is 13.8 Å². The van der Waals surface area contributed by atoms with Crippen LogP contribution in [0.25, 0.3) is 0 Å². The van der Waals surface area contributed by atoms with Crippen LogP contribution >= 0.6 is 0 Å². The molecule has 0 amide bonds. The predicted molar refractivity (Wildman–Crippen MR) is 99.2 cm³/mol. The van der Waals surface area contributed by atoms with E-state index in [9.17, 15) is 5.11 Å². The van der Waals surface area contributed by atoms with E-state index in [1.54, 1.807) is 16.8 Å². The molecule has 4 rings (SSSR count). The molecular formula is C19H20N6O. The summed E-state index contributed by atoms with van der Waals surface area (Å²) in [5.41, 5.74) is 3.78. The second kappa shape index (κ2) is 6.25. The minimum Gasteiger partial charge on any atom is -0.508 e. The minimum atomic E-state index is -0.00486. The molecule has 7 nitrogen and oxygen atoms in total. The Hall–Kier alpha value is -3.22. The number of benzene rings is 1. The number of aromatic nitrogens is 4. The second-order valence-electron chi connectivity index (χ2n) is 6.52. The van der Waals surface area contributed by atoms with Crippen molar-refractivity contribution in [2.75, 3.05) is 5.01 Å². The molecule has 0 spiro atoms. The molecule has 1 aliphatic rings. The molecule has 3 heterocycles. The molecular weight excluding hydrogens is 328 g/mol. The molecule has 0 aliphatic carbocycles. The first-order valence-electron chi connectivity index (χ1n) is 8.46. The molecule has 0 unspecified atom stereocenters. The van der Waals surface area contributed by atoms with Crippen molar-refractivity contribution in [3.8, 4) is 5.75 Å². The van der Waals surface area contributed by atoms with Crippen molar-refractivity contribution in [3.05, 3.63) is 65.4 Å². The van der Waals surface area contributed by atoms with Crippen LogP contribution < -0.4 is 5.01 Å². The first-order valence-corrected chi connectivity index (χ1v) is 8.46. The Morgan fingerprint density at radius 2 is 2.00 bits per heavy atom. The highest BCUT2D eigenvalue weighted by atomic mass is 16.3. The third-order valence-electron chi connectivity index (χ3n) is 4.39. The lowest BCUT2D eigenvalue weighted by atomic mass is 10.0. The molecule has 132 valence electrons. The zero-order chi connectivity index (χ0) is 18.3. The number of hydrazone groups is 1. The van der Waals surface area contributed by atoms with Gasteiger partial charge in [0.15, 0.2) is 5.82 Å². The maximum atomic E-state index is 9.81. The van der Waals surface area contributed by atoms with E-state index in [-0.39, 0.29) is 11.8 Å². The highest BCUT2D eigenvalue weighted by molar-refractivity contribution is 6.03. The Balaban J connectivity index is 1.79. The number of hydrogen-bond donors (Lipinski definition) is 1. The van der Waals surface area contributed by atoms with Crippen LogP contribution in [0.1, 0.15) is 35.1 Å². The van der Waals surface area contributed by atoms with Gasteiger partial charge >= 0.3 is 0 Å². The largest absolute Gasteiger partial charge is 0.508 e. The lowest BCUT2D eigenvalue weighted by Crippen LogP contribution is -2.20. The Bertz CT molecular complexity index is 973. The fourth-order valence-electron chi connectivity index (χ4n) is 3.27. The number of hydrogen-bond acceptors (Lipinski definition) is 6. The lowest BCUT2D eigenvalue weighted by Gasteiger charge is -2.22. The fraction of sp³-hybridized carbons (Fsp3) is 0.263. The van der Waals surface area contributed by atoms with Crippen LogP contribution in [0.15, 0.2) is 47.8 Å². The second-order valence-corrected chi connectivity index (χ2v) is 6.52. The van der Waals surface area contributed by atoms with E-state index in [2.05, 4.69) is 15.1 Å². The Morgan fingerprint density at radius 1 is 1.15 bits per heavy atom. The summed E-state index contributed by atoms with van der Waals surface area (Å²) in [5.74, 6) is 1.71. The molecule has 26 heavy (non-hydrogen) atoms. The van der Waals surface area contributed by atoms with Crippen LogP contribution in [0.3, 0.4) is 0 Å². The third kappa shape index (κ3) is 3.03. The first kappa shape index (κ1) is 16.3. The van der Waals surface area contributed by atoms with Crippen LogP contribution in [-0.4, -0.2) is 30.6 Å². The monoisotopic (exact) mass is 348 g/mol. The highest BCUT2D eigenvalue weighted by Gasteiger charge is 2.32. The van der Waals surface area contributed by atoms with E-state index in [0.29, 0.717) is 12.2 Å². The quantitative estimate of drug-likeness (QED) is 0.787. The van der Waals surface area contributed by atoms with E-state index in [4.69, 9.17) is 5.10 Å². The van der Waals surface area contributed by atoms with E-state index in [1.165, 1.54) is 0 Å². The zero-order valence-corrected chi connectivity index (χ0v) is 15.0. The highest BCUT2D eigenvalue weighted by Crippen LogP contribution is 2.36. The van der Waals surface area contributed by atoms with Crippen molar-refractivity contribution in [2.45, 2.75) is 26.3 Å². The van der Waals surface area contributed by atoms with E-state index >= 15 is 0 Å². The van der Waals surface area contributed by atoms with Crippen molar-refractivity contribution < 1.29 is 5.11 Å². The van der Waals surface area contributed by atoms with Crippen molar-refractivity contribution in [1.82, 2.24) is 19.7 Å². The van der Waals surface area contributed by atoms with E-state index in [1.807, 2.05) is 56.5 Å². The van der Waals surface area contributed by atoms with Gasteiger partial charge in [0, 0.05) is 42.6 Å². The number of nitrogens with zero attached hydrogens (tertiary/aromatic N) is 6. The van der Waals surface area contributed by atoms with Gasteiger partial charge in [0.25, 0.3) is 0 Å². The van der Waals surface area contributed by atoms with Crippen LogP contribution in [0.5, 0.6) is 5.75 Å². The summed E-state index contributed by atoms with van der Waals surface area (Å²) in [6.45, 7) is 3.83. The number of phenolic OH excluding ortho intramolecular Hbond substituents is 1. The predicted octanol–water partition coefficient (Wildman–Crippen LogP) is 2.89. The summed E-state index contributed by atoms with van der Waals surface area (Å²) in [6.07, 6.45) is 4.57. The van der Waals surface area contributed by atoms with Crippen molar-refractivity contribution in [2.24, 2.45) is 12.1 Å². The Kier molecular flexibility index (Phi) is 3.91. The number of anilines is 1. The van der Waals surface area contributed by atoms with Gasteiger partial charge in [-0.3, -0.25) is 4.68 Å². The molecule has 0 radical (unpaired) electrons. The molecule has 0 bridgehead atoms. The molecule has 0 saturated carbocycles. The van der Waals surface area contributed by atoms with Gasteiger partial charge in [-0.25, -0.2) is 15.0 Å². The molecule has 7 heteroatoms. The summed E-state index contributed by atoms with van der Waals surface area (Å²) in [5, 5.41) is 20.9. The summed E-state index contributed by atoms with van der Waals surface area (Å²) >= 11 is 0. The SMILES string of the molecule is Cc1cc(N2N=C(c3cccc(O)c3)C[C@H]2c2cnn(C)c2)nc(C)n1. The summed E-state index contributed by atoms with van der Waals surface area (Å²) < 4.78 is 1.79. The van der Waals surface area contributed by atoms with Gasteiger partial charge in [0.1, 0.15) is 11.6 Å². The molecule has 1 N–H and O–H groups in total. The van der Waals surface area contributed by atoms with E-state index < -0.39 is 0 Å². The summed E-state index contributed by atoms with van der Waals surface area (Å²) in [7, 11) is 1.90. The normalized spacial score (nSPS) is 16.8.